The summed E-state index contributed by atoms with van der Waals surface area (Å²) in [6.07, 6.45) is 3.67. The lowest BCUT2D eigenvalue weighted by Gasteiger charge is -2.29. The average Bonchev–Trinajstić information content (AvgIpc) is 3.25. The maximum Gasteiger partial charge on any atom is 0.331 e. The molecule has 0 saturated carbocycles. The van der Waals surface area contributed by atoms with Crippen molar-refractivity contribution in [1.29, 1.82) is 0 Å². The molecule has 3 N–H and O–H groups in total. The van der Waals surface area contributed by atoms with Crippen molar-refractivity contribution in [3.8, 4) is 11.1 Å². The number of benzene rings is 2. The maximum atomic E-state index is 13.4. The maximum absolute atomic E-state index is 13.4. The molecule has 2 aliphatic rings. The van der Waals surface area contributed by atoms with Crippen LogP contribution >= 0.6 is 11.3 Å². The summed E-state index contributed by atoms with van der Waals surface area (Å²) in [4.78, 5) is 33.9. The number of urea groups is 1. The fraction of sp³-hybridized carbons (Fsp3) is 0.192. The summed E-state index contributed by atoms with van der Waals surface area (Å²) in [5.41, 5.74) is 4.12. The number of thiophene rings is 1. The highest BCUT2D eigenvalue weighted by molar-refractivity contribution is 7.21. The molecular weight excluding hydrogens is 446 g/mol. The number of rotatable bonds is 4. The fourth-order valence-corrected chi connectivity index (χ4v) is 5.70. The molecule has 6 rings (SSSR count). The van der Waals surface area contributed by atoms with E-state index >= 15 is 0 Å². The Kier molecular flexibility index (Phi) is 5.24. The molecule has 34 heavy (non-hydrogen) atoms. The third kappa shape index (κ3) is 3.61. The van der Waals surface area contributed by atoms with Gasteiger partial charge in [-0.15, -0.1) is 11.3 Å². The molecular formula is C26H23N5O2S. The second-order valence-electron chi connectivity index (χ2n) is 8.52. The summed E-state index contributed by atoms with van der Waals surface area (Å²) in [5, 5.41) is 10.2. The van der Waals surface area contributed by atoms with Crippen molar-refractivity contribution >= 4 is 50.6 Å². The van der Waals surface area contributed by atoms with Gasteiger partial charge < -0.3 is 16.0 Å². The van der Waals surface area contributed by atoms with E-state index in [1.54, 1.807) is 11.1 Å². The minimum Gasteiger partial charge on any atom is -0.347 e. The van der Waals surface area contributed by atoms with Crippen molar-refractivity contribution in [2.75, 3.05) is 23.3 Å². The Labute approximate surface area is 200 Å². The standard InChI is InChI=1S/C26H23N5O2S/c32-24(29-18-9-5-12-27-15-18)23-22-21-20(11-13-28-25(21)34-23)31(26(33)30-22)19-10-4-8-17(14-19)16-6-2-1-3-7-16/h1-4,6-8,10-11,13-14,18,27H,5,9,12,15H2,(H,29,32)(H,30,33)/t18-/m1/s1. The van der Waals surface area contributed by atoms with Crippen molar-refractivity contribution in [3.05, 3.63) is 71.7 Å². The Morgan fingerprint density at radius 2 is 1.94 bits per heavy atom. The van der Waals surface area contributed by atoms with Crippen LogP contribution in [0.4, 0.5) is 21.9 Å². The zero-order valence-corrected chi connectivity index (χ0v) is 19.2. The number of hydrogen-bond donors (Lipinski definition) is 3. The van der Waals surface area contributed by atoms with Gasteiger partial charge >= 0.3 is 6.03 Å². The molecule has 0 bridgehead atoms. The van der Waals surface area contributed by atoms with Crippen molar-refractivity contribution in [2.24, 2.45) is 0 Å². The normalized spacial score (nSPS) is 17.5. The van der Waals surface area contributed by atoms with Crippen LogP contribution in [0.25, 0.3) is 21.3 Å². The van der Waals surface area contributed by atoms with Gasteiger partial charge in [0, 0.05) is 18.8 Å². The molecule has 1 saturated heterocycles. The smallest absolute Gasteiger partial charge is 0.331 e. The quantitative estimate of drug-likeness (QED) is 0.387. The van der Waals surface area contributed by atoms with E-state index in [1.165, 1.54) is 11.3 Å². The molecule has 7 nitrogen and oxygen atoms in total. The van der Waals surface area contributed by atoms with Gasteiger partial charge in [0.15, 0.2) is 0 Å². The Morgan fingerprint density at radius 3 is 2.76 bits per heavy atom. The van der Waals surface area contributed by atoms with Crippen LogP contribution in [0.15, 0.2) is 66.9 Å². The first-order chi connectivity index (χ1) is 16.7. The van der Waals surface area contributed by atoms with Gasteiger partial charge in [0.05, 0.1) is 22.4 Å². The number of pyridine rings is 1. The molecule has 1 atom stereocenters. The summed E-state index contributed by atoms with van der Waals surface area (Å²) in [6, 6.07) is 19.6. The van der Waals surface area contributed by atoms with Gasteiger partial charge in [0.2, 0.25) is 0 Å². The molecule has 0 spiro atoms. The number of nitrogens with zero attached hydrogens (tertiary/aromatic N) is 2. The lowest BCUT2D eigenvalue weighted by Crippen LogP contribution is -2.45. The molecule has 170 valence electrons. The number of anilines is 3. The third-order valence-electron chi connectivity index (χ3n) is 6.30. The average molecular weight is 470 g/mol. The number of aromatic nitrogens is 1. The van der Waals surface area contributed by atoms with Crippen LogP contribution in [0.3, 0.4) is 0 Å². The molecule has 4 aromatic rings. The van der Waals surface area contributed by atoms with Gasteiger partial charge in [-0.1, -0.05) is 42.5 Å². The molecule has 4 heterocycles. The van der Waals surface area contributed by atoms with E-state index < -0.39 is 0 Å². The van der Waals surface area contributed by atoms with Crippen LogP contribution < -0.4 is 20.9 Å². The monoisotopic (exact) mass is 469 g/mol. The van der Waals surface area contributed by atoms with Gasteiger partial charge in [0.25, 0.3) is 5.91 Å². The largest absolute Gasteiger partial charge is 0.347 e. The van der Waals surface area contributed by atoms with Gasteiger partial charge in [-0.25, -0.2) is 9.78 Å². The Bertz CT molecular complexity index is 1400. The van der Waals surface area contributed by atoms with E-state index in [9.17, 15) is 9.59 Å². The van der Waals surface area contributed by atoms with Crippen LogP contribution in [-0.4, -0.2) is 36.1 Å². The highest BCUT2D eigenvalue weighted by Gasteiger charge is 2.33. The SMILES string of the molecule is O=C(N[C@@H]1CCCNC1)c1sc2nccc3c2c1NC(=O)N3c1cccc(-c2ccccc2)c1. The zero-order chi connectivity index (χ0) is 23.1. The van der Waals surface area contributed by atoms with Crippen LogP contribution in [0.5, 0.6) is 0 Å². The molecule has 0 aliphatic carbocycles. The molecule has 2 aromatic heterocycles. The number of amides is 3. The number of piperidine rings is 1. The minimum absolute atomic E-state index is 0.0857. The second-order valence-corrected chi connectivity index (χ2v) is 9.51. The number of nitrogens with one attached hydrogen (secondary N) is 3. The minimum atomic E-state index is -0.294. The predicted molar refractivity (Wildman–Crippen MR) is 136 cm³/mol. The van der Waals surface area contributed by atoms with E-state index in [0.717, 1.165) is 58.6 Å². The van der Waals surface area contributed by atoms with Gasteiger partial charge in [-0.05, 0) is 48.7 Å². The highest BCUT2D eigenvalue weighted by atomic mass is 32.1. The van der Waals surface area contributed by atoms with E-state index in [4.69, 9.17) is 0 Å². The molecule has 3 amide bonds. The Hall–Kier alpha value is -3.75. The third-order valence-corrected chi connectivity index (χ3v) is 7.39. The number of carbonyl (C=O) groups is 2. The first kappa shape index (κ1) is 20.8. The molecule has 8 heteroatoms. The van der Waals surface area contributed by atoms with Crippen LogP contribution in [0, 0.1) is 0 Å². The molecule has 2 aliphatic heterocycles. The van der Waals surface area contributed by atoms with E-state index in [0.29, 0.717) is 10.6 Å². The summed E-state index contributed by atoms with van der Waals surface area (Å²) < 4.78 is 0. The lowest BCUT2D eigenvalue weighted by molar-refractivity contribution is 0.0935. The van der Waals surface area contributed by atoms with E-state index in [1.807, 2.05) is 60.7 Å². The van der Waals surface area contributed by atoms with Crippen molar-refractivity contribution in [2.45, 2.75) is 18.9 Å². The predicted octanol–water partition coefficient (Wildman–Crippen LogP) is 5.13. The van der Waals surface area contributed by atoms with Crippen molar-refractivity contribution in [1.82, 2.24) is 15.6 Å². The van der Waals surface area contributed by atoms with Crippen molar-refractivity contribution < 1.29 is 9.59 Å². The summed E-state index contributed by atoms with van der Waals surface area (Å²) in [5.74, 6) is -0.169. The van der Waals surface area contributed by atoms with Crippen LogP contribution in [-0.2, 0) is 0 Å². The van der Waals surface area contributed by atoms with Crippen molar-refractivity contribution in [3.63, 3.8) is 0 Å². The lowest BCUT2D eigenvalue weighted by atomic mass is 10.0. The molecule has 0 radical (unpaired) electrons. The van der Waals surface area contributed by atoms with E-state index in [2.05, 4.69) is 20.9 Å². The molecule has 0 unspecified atom stereocenters. The van der Waals surface area contributed by atoms with Gasteiger partial charge in [-0.2, -0.15) is 0 Å². The summed E-state index contributed by atoms with van der Waals surface area (Å²) >= 11 is 1.31. The van der Waals surface area contributed by atoms with Crippen LogP contribution in [0.1, 0.15) is 22.5 Å². The topological polar surface area (TPSA) is 86.4 Å². The fourth-order valence-electron chi connectivity index (χ4n) is 4.68. The molecule has 2 aromatic carbocycles. The number of carbonyl (C=O) groups excluding carboxylic acids is 2. The Balaban J connectivity index is 1.40. The first-order valence-electron chi connectivity index (χ1n) is 11.4. The summed E-state index contributed by atoms with van der Waals surface area (Å²) in [6.45, 7) is 1.73. The van der Waals surface area contributed by atoms with Gasteiger partial charge in [0.1, 0.15) is 9.71 Å². The molecule has 1 fully saturated rings. The second kappa shape index (κ2) is 8.55. The zero-order valence-electron chi connectivity index (χ0n) is 18.4. The Morgan fingerprint density at radius 1 is 1.09 bits per heavy atom. The summed E-state index contributed by atoms with van der Waals surface area (Å²) in [7, 11) is 0. The highest BCUT2D eigenvalue weighted by Crippen LogP contribution is 2.46. The first-order valence-corrected chi connectivity index (χ1v) is 12.2. The van der Waals surface area contributed by atoms with Gasteiger partial charge in [-0.3, -0.25) is 9.69 Å². The van der Waals surface area contributed by atoms with E-state index in [-0.39, 0.29) is 18.0 Å². The number of hydrogen-bond acceptors (Lipinski definition) is 5. The van der Waals surface area contributed by atoms with Crippen LogP contribution in [0.2, 0.25) is 0 Å².